The van der Waals surface area contributed by atoms with Crippen molar-refractivity contribution >= 4 is 17.2 Å². The number of hydrogen-bond donors (Lipinski definition) is 2. The SMILES string of the molecule is Cc1nc(C)c(C(C)NCC(=O)NCc2ccccc2)s1. The third-order valence-electron chi connectivity index (χ3n) is 3.23. The van der Waals surface area contributed by atoms with Gasteiger partial charge in [-0.2, -0.15) is 0 Å². The number of carbonyl (C=O) groups is 1. The van der Waals surface area contributed by atoms with E-state index in [1.165, 1.54) is 4.88 Å². The van der Waals surface area contributed by atoms with Crippen LogP contribution in [0, 0.1) is 13.8 Å². The molecular weight excluding hydrogens is 282 g/mol. The van der Waals surface area contributed by atoms with Crippen molar-refractivity contribution in [2.75, 3.05) is 6.54 Å². The zero-order valence-electron chi connectivity index (χ0n) is 12.6. The number of nitrogens with one attached hydrogen (secondary N) is 2. The van der Waals surface area contributed by atoms with Gasteiger partial charge in [-0.15, -0.1) is 11.3 Å². The van der Waals surface area contributed by atoms with Gasteiger partial charge in [-0.05, 0) is 26.3 Å². The molecule has 5 heteroatoms. The summed E-state index contributed by atoms with van der Waals surface area (Å²) in [7, 11) is 0. The summed E-state index contributed by atoms with van der Waals surface area (Å²) in [6.07, 6.45) is 0. The second kappa shape index (κ2) is 7.33. The van der Waals surface area contributed by atoms with E-state index in [0.29, 0.717) is 13.1 Å². The van der Waals surface area contributed by atoms with E-state index in [1.807, 2.05) is 44.2 Å². The van der Waals surface area contributed by atoms with Gasteiger partial charge in [0.15, 0.2) is 0 Å². The molecule has 1 atom stereocenters. The molecule has 21 heavy (non-hydrogen) atoms. The molecule has 0 aliphatic heterocycles. The van der Waals surface area contributed by atoms with Crippen LogP contribution in [0.2, 0.25) is 0 Å². The standard InChI is InChI=1S/C16H21N3OS/c1-11(16-12(2)19-13(3)21-16)17-10-15(20)18-9-14-7-5-4-6-8-14/h4-8,11,17H,9-10H2,1-3H3,(H,18,20). The van der Waals surface area contributed by atoms with Crippen LogP contribution in [-0.2, 0) is 11.3 Å². The highest BCUT2D eigenvalue weighted by Crippen LogP contribution is 2.23. The summed E-state index contributed by atoms with van der Waals surface area (Å²) in [5.74, 6) is 0.00425. The van der Waals surface area contributed by atoms with Crippen molar-refractivity contribution in [3.63, 3.8) is 0 Å². The number of nitrogens with zero attached hydrogens (tertiary/aromatic N) is 1. The van der Waals surface area contributed by atoms with Crippen molar-refractivity contribution in [2.24, 2.45) is 0 Å². The van der Waals surface area contributed by atoms with Gasteiger partial charge in [0.1, 0.15) is 0 Å². The molecule has 0 aliphatic rings. The van der Waals surface area contributed by atoms with Gasteiger partial charge in [-0.25, -0.2) is 4.98 Å². The van der Waals surface area contributed by atoms with E-state index in [0.717, 1.165) is 16.3 Å². The van der Waals surface area contributed by atoms with Gasteiger partial charge < -0.3 is 10.6 Å². The van der Waals surface area contributed by atoms with E-state index in [-0.39, 0.29) is 11.9 Å². The van der Waals surface area contributed by atoms with Crippen LogP contribution in [0.5, 0.6) is 0 Å². The number of amides is 1. The number of aromatic nitrogens is 1. The Labute approximate surface area is 129 Å². The lowest BCUT2D eigenvalue weighted by Crippen LogP contribution is -2.34. The van der Waals surface area contributed by atoms with Crippen molar-refractivity contribution in [1.82, 2.24) is 15.6 Å². The predicted molar refractivity (Wildman–Crippen MR) is 86.3 cm³/mol. The molecule has 0 spiro atoms. The Morgan fingerprint density at radius 2 is 2.00 bits per heavy atom. The molecule has 1 aromatic carbocycles. The molecule has 2 rings (SSSR count). The number of rotatable bonds is 6. The minimum Gasteiger partial charge on any atom is -0.351 e. The van der Waals surface area contributed by atoms with Crippen molar-refractivity contribution in [2.45, 2.75) is 33.4 Å². The van der Waals surface area contributed by atoms with Crippen LogP contribution in [0.15, 0.2) is 30.3 Å². The van der Waals surface area contributed by atoms with Gasteiger partial charge in [0.25, 0.3) is 0 Å². The predicted octanol–water partition coefficient (Wildman–Crippen LogP) is 2.73. The van der Waals surface area contributed by atoms with Gasteiger partial charge >= 0.3 is 0 Å². The molecule has 1 aromatic heterocycles. The summed E-state index contributed by atoms with van der Waals surface area (Å²) >= 11 is 1.68. The third-order valence-corrected chi connectivity index (χ3v) is 4.49. The summed E-state index contributed by atoms with van der Waals surface area (Å²) in [5.41, 5.74) is 2.15. The summed E-state index contributed by atoms with van der Waals surface area (Å²) in [6, 6.07) is 10.0. The maximum absolute atomic E-state index is 11.9. The molecule has 0 saturated heterocycles. The number of carbonyl (C=O) groups excluding carboxylic acids is 1. The van der Waals surface area contributed by atoms with Crippen LogP contribution in [0.25, 0.3) is 0 Å². The minimum absolute atomic E-state index is 0.00425. The van der Waals surface area contributed by atoms with E-state index in [1.54, 1.807) is 11.3 Å². The van der Waals surface area contributed by atoms with Crippen LogP contribution in [0.4, 0.5) is 0 Å². The molecule has 1 unspecified atom stereocenters. The van der Waals surface area contributed by atoms with Gasteiger partial charge in [0, 0.05) is 17.5 Å². The topological polar surface area (TPSA) is 54.0 Å². The molecule has 0 aliphatic carbocycles. The Balaban J connectivity index is 1.77. The fraction of sp³-hybridized carbons (Fsp3) is 0.375. The molecule has 1 amide bonds. The van der Waals surface area contributed by atoms with E-state index < -0.39 is 0 Å². The van der Waals surface area contributed by atoms with E-state index in [9.17, 15) is 4.79 Å². The van der Waals surface area contributed by atoms with E-state index >= 15 is 0 Å². The highest BCUT2D eigenvalue weighted by Gasteiger charge is 2.13. The Kier molecular flexibility index (Phi) is 5.47. The molecule has 2 N–H and O–H groups in total. The lowest BCUT2D eigenvalue weighted by molar-refractivity contribution is -0.120. The van der Waals surface area contributed by atoms with Crippen LogP contribution in [0.3, 0.4) is 0 Å². The summed E-state index contributed by atoms with van der Waals surface area (Å²) < 4.78 is 0. The smallest absolute Gasteiger partial charge is 0.234 e. The highest BCUT2D eigenvalue weighted by atomic mass is 32.1. The Hall–Kier alpha value is -1.72. The first kappa shape index (κ1) is 15.7. The number of hydrogen-bond acceptors (Lipinski definition) is 4. The first-order chi connectivity index (χ1) is 10.1. The summed E-state index contributed by atoms with van der Waals surface area (Å²) in [4.78, 5) is 17.5. The van der Waals surface area contributed by atoms with Crippen molar-refractivity contribution in [3.05, 3.63) is 51.5 Å². The van der Waals surface area contributed by atoms with Crippen LogP contribution in [0.1, 0.15) is 34.1 Å². The molecule has 1 heterocycles. The third kappa shape index (κ3) is 4.65. The fourth-order valence-corrected chi connectivity index (χ4v) is 3.10. The Morgan fingerprint density at radius 3 is 2.62 bits per heavy atom. The summed E-state index contributed by atoms with van der Waals surface area (Å²) in [5, 5.41) is 7.22. The second-order valence-electron chi connectivity index (χ2n) is 5.05. The average molecular weight is 303 g/mol. The minimum atomic E-state index is 0.00425. The lowest BCUT2D eigenvalue weighted by Gasteiger charge is -2.13. The quantitative estimate of drug-likeness (QED) is 0.863. The molecule has 2 aromatic rings. The van der Waals surface area contributed by atoms with Gasteiger partial charge in [0.05, 0.1) is 17.2 Å². The number of benzene rings is 1. The Bertz CT molecular complexity index is 595. The first-order valence-corrected chi connectivity index (χ1v) is 7.86. The zero-order chi connectivity index (χ0) is 15.2. The lowest BCUT2D eigenvalue weighted by atomic mass is 10.2. The van der Waals surface area contributed by atoms with Crippen LogP contribution in [-0.4, -0.2) is 17.4 Å². The van der Waals surface area contributed by atoms with E-state index in [2.05, 4.69) is 22.5 Å². The molecular formula is C16H21N3OS. The monoisotopic (exact) mass is 303 g/mol. The van der Waals surface area contributed by atoms with Gasteiger partial charge in [-0.1, -0.05) is 30.3 Å². The van der Waals surface area contributed by atoms with E-state index in [4.69, 9.17) is 0 Å². The fourth-order valence-electron chi connectivity index (χ4n) is 2.15. The number of thiazole rings is 1. The average Bonchev–Trinajstić information content (AvgIpc) is 2.82. The Morgan fingerprint density at radius 1 is 1.29 bits per heavy atom. The summed E-state index contributed by atoms with van der Waals surface area (Å²) in [6.45, 7) is 6.94. The maximum Gasteiger partial charge on any atom is 0.234 e. The van der Waals surface area contributed by atoms with Gasteiger partial charge in [-0.3, -0.25) is 4.79 Å². The van der Waals surface area contributed by atoms with Crippen LogP contribution < -0.4 is 10.6 Å². The first-order valence-electron chi connectivity index (χ1n) is 7.04. The largest absolute Gasteiger partial charge is 0.351 e. The molecule has 112 valence electrons. The molecule has 0 saturated carbocycles. The van der Waals surface area contributed by atoms with Crippen LogP contribution >= 0.6 is 11.3 Å². The van der Waals surface area contributed by atoms with Gasteiger partial charge in [0.2, 0.25) is 5.91 Å². The molecule has 0 bridgehead atoms. The molecule has 0 radical (unpaired) electrons. The second-order valence-corrected chi connectivity index (χ2v) is 6.28. The normalized spacial score (nSPS) is 12.1. The maximum atomic E-state index is 11.9. The molecule has 0 fully saturated rings. The number of aryl methyl sites for hydroxylation is 2. The zero-order valence-corrected chi connectivity index (χ0v) is 13.5. The molecule has 4 nitrogen and oxygen atoms in total. The van der Waals surface area contributed by atoms with Crippen molar-refractivity contribution < 1.29 is 4.79 Å². The highest BCUT2D eigenvalue weighted by molar-refractivity contribution is 7.11. The van der Waals surface area contributed by atoms with Crippen molar-refractivity contribution in [1.29, 1.82) is 0 Å². The van der Waals surface area contributed by atoms with Crippen molar-refractivity contribution in [3.8, 4) is 0 Å².